The molecule has 1 aliphatic carbocycles. The lowest BCUT2D eigenvalue weighted by molar-refractivity contribution is -0.140. The zero-order valence-electron chi connectivity index (χ0n) is 19.0. The first kappa shape index (κ1) is 24.0. The van der Waals surface area contributed by atoms with E-state index in [1.807, 2.05) is 49.4 Å². The van der Waals surface area contributed by atoms with Gasteiger partial charge in [-0.05, 0) is 37.2 Å². The van der Waals surface area contributed by atoms with E-state index in [9.17, 15) is 14.4 Å². The predicted octanol–water partition coefficient (Wildman–Crippen LogP) is 1.87. The minimum atomic E-state index is -0.633. The summed E-state index contributed by atoms with van der Waals surface area (Å²) in [6.07, 6.45) is 6.91. The third kappa shape index (κ3) is 5.04. The van der Waals surface area contributed by atoms with E-state index in [1.54, 1.807) is 11.9 Å². The Bertz CT molecular complexity index is 826. The average Bonchev–Trinajstić information content (AvgIpc) is 3.11. The zero-order valence-corrected chi connectivity index (χ0v) is 19.0. The molecule has 0 aromatic heterocycles. The number of nitrogens with zero attached hydrogens (tertiary/aromatic N) is 1. The second-order valence-corrected chi connectivity index (χ2v) is 8.66. The second-order valence-electron chi connectivity index (χ2n) is 8.66. The van der Waals surface area contributed by atoms with Gasteiger partial charge in [0.05, 0.1) is 11.8 Å². The molecular weight excluding hydrogens is 406 g/mol. The number of amides is 3. The molecule has 32 heavy (non-hydrogen) atoms. The molecule has 1 saturated heterocycles. The summed E-state index contributed by atoms with van der Waals surface area (Å²) in [5, 5.41) is 14.8. The lowest BCUT2D eigenvalue weighted by atomic mass is 9.69. The maximum absolute atomic E-state index is 13.6. The van der Waals surface area contributed by atoms with E-state index in [0.717, 1.165) is 18.4 Å². The van der Waals surface area contributed by atoms with E-state index < -0.39 is 17.9 Å². The van der Waals surface area contributed by atoms with Gasteiger partial charge in [0.2, 0.25) is 17.7 Å². The van der Waals surface area contributed by atoms with Gasteiger partial charge in [0.1, 0.15) is 6.04 Å². The van der Waals surface area contributed by atoms with E-state index in [1.165, 1.54) is 0 Å². The third-order valence-corrected chi connectivity index (χ3v) is 6.77. The minimum Gasteiger partial charge on any atom is -0.396 e. The Morgan fingerprint density at radius 1 is 1.06 bits per heavy atom. The summed E-state index contributed by atoms with van der Waals surface area (Å²) in [5.41, 5.74) is 0.990. The predicted molar refractivity (Wildman–Crippen MR) is 122 cm³/mol. The van der Waals surface area contributed by atoms with Crippen molar-refractivity contribution in [2.45, 2.75) is 45.2 Å². The van der Waals surface area contributed by atoms with Crippen LogP contribution in [0.2, 0.25) is 0 Å². The molecule has 1 aromatic carbocycles. The molecule has 5 atom stereocenters. The summed E-state index contributed by atoms with van der Waals surface area (Å²) in [6.45, 7) is 2.96. The van der Waals surface area contributed by atoms with Gasteiger partial charge in [0.25, 0.3) is 0 Å². The first-order valence-corrected chi connectivity index (χ1v) is 11.7. The number of fused-ring (bicyclic) bond motifs is 1. The van der Waals surface area contributed by atoms with Crippen LogP contribution in [0.15, 0.2) is 42.5 Å². The molecule has 2 aliphatic rings. The highest BCUT2D eigenvalue weighted by atomic mass is 16.3. The summed E-state index contributed by atoms with van der Waals surface area (Å²) in [4.78, 5) is 41.3. The topological polar surface area (TPSA) is 98.7 Å². The lowest BCUT2D eigenvalue weighted by Gasteiger charge is -2.33. The number of carbonyl (C=O) groups excluding carboxylic acids is 3. The van der Waals surface area contributed by atoms with Gasteiger partial charge in [-0.15, -0.1) is 0 Å². The molecule has 7 heteroatoms. The first-order chi connectivity index (χ1) is 15.5. The smallest absolute Gasteiger partial charge is 0.243 e. The molecule has 0 spiro atoms. The van der Waals surface area contributed by atoms with Crippen molar-refractivity contribution in [1.82, 2.24) is 15.5 Å². The van der Waals surface area contributed by atoms with Crippen LogP contribution in [0.4, 0.5) is 0 Å². The molecule has 3 rings (SSSR count). The lowest BCUT2D eigenvalue weighted by Crippen LogP contribution is -2.47. The van der Waals surface area contributed by atoms with Crippen molar-refractivity contribution < 1.29 is 19.5 Å². The fourth-order valence-corrected chi connectivity index (χ4v) is 5.11. The van der Waals surface area contributed by atoms with Crippen LogP contribution in [0.3, 0.4) is 0 Å². The van der Waals surface area contributed by atoms with Crippen LogP contribution in [-0.2, 0) is 20.9 Å². The summed E-state index contributed by atoms with van der Waals surface area (Å²) < 4.78 is 0. The number of aliphatic hydroxyl groups is 1. The van der Waals surface area contributed by atoms with Gasteiger partial charge < -0.3 is 20.6 Å². The number of hydrogen-bond acceptors (Lipinski definition) is 4. The Hall–Kier alpha value is -2.67. The van der Waals surface area contributed by atoms with Gasteiger partial charge in [-0.1, -0.05) is 49.4 Å². The maximum Gasteiger partial charge on any atom is 0.243 e. The summed E-state index contributed by atoms with van der Waals surface area (Å²) in [6, 6.07) is 9.04. The number of rotatable bonds is 10. The average molecular weight is 442 g/mol. The number of nitrogens with one attached hydrogen (secondary N) is 2. The number of benzene rings is 1. The monoisotopic (exact) mass is 441 g/mol. The van der Waals surface area contributed by atoms with E-state index in [2.05, 4.69) is 10.6 Å². The molecule has 3 amide bonds. The Morgan fingerprint density at radius 2 is 1.81 bits per heavy atom. The minimum absolute atomic E-state index is 0.0254. The van der Waals surface area contributed by atoms with Crippen molar-refractivity contribution in [2.75, 3.05) is 20.2 Å². The molecule has 0 unspecified atom stereocenters. The number of likely N-dealkylation sites (tertiary alicyclic amines) is 1. The zero-order chi connectivity index (χ0) is 23.1. The highest BCUT2D eigenvalue weighted by Crippen LogP contribution is 2.44. The molecule has 1 fully saturated rings. The van der Waals surface area contributed by atoms with Crippen LogP contribution in [0.25, 0.3) is 0 Å². The molecule has 1 aromatic rings. The fourth-order valence-electron chi connectivity index (χ4n) is 5.11. The van der Waals surface area contributed by atoms with E-state index in [0.29, 0.717) is 25.9 Å². The Morgan fingerprint density at radius 3 is 2.47 bits per heavy atom. The van der Waals surface area contributed by atoms with Gasteiger partial charge in [-0.25, -0.2) is 0 Å². The van der Waals surface area contributed by atoms with Crippen LogP contribution < -0.4 is 10.6 Å². The van der Waals surface area contributed by atoms with Crippen LogP contribution in [0, 0.1) is 23.7 Å². The summed E-state index contributed by atoms with van der Waals surface area (Å²) in [5.74, 6) is -1.81. The molecule has 3 N–H and O–H groups in total. The Labute approximate surface area is 190 Å². The summed E-state index contributed by atoms with van der Waals surface area (Å²) >= 11 is 0. The number of aliphatic hydroxyl groups excluding tert-OH is 1. The maximum atomic E-state index is 13.6. The highest BCUT2D eigenvalue weighted by Gasteiger charge is 2.56. The molecule has 0 saturated carbocycles. The van der Waals surface area contributed by atoms with Crippen molar-refractivity contribution in [1.29, 1.82) is 0 Å². The van der Waals surface area contributed by atoms with Crippen LogP contribution in [-0.4, -0.2) is 54.0 Å². The standard InChI is InChI=1S/C25H35N3O4/c1-3-18-12-13-19-21(20(18)23(30)26-2)25(32)28(14-8-5-9-15-29)22(19)24(31)27-16-17-10-6-4-7-11-17/h4,6-7,10-13,18-22,29H,3,5,8-9,14-16H2,1-2H3,(H,26,30)(H,27,31)/t18-,19+,20-,21-,22+/m1/s1. The van der Waals surface area contributed by atoms with Crippen LogP contribution in [0.1, 0.15) is 38.2 Å². The van der Waals surface area contributed by atoms with Gasteiger partial charge in [-0.2, -0.15) is 0 Å². The van der Waals surface area contributed by atoms with E-state index in [4.69, 9.17) is 5.11 Å². The Kier molecular flexibility index (Phi) is 8.45. The highest BCUT2D eigenvalue weighted by molar-refractivity contribution is 5.96. The molecule has 1 aliphatic heterocycles. The molecule has 0 radical (unpaired) electrons. The molecule has 174 valence electrons. The number of hydrogen-bond donors (Lipinski definition) is 3. The number of carbonyl (C=O) groups is 3. The molecule has 7 nitrogen and oxygen atoms in total. The molecular formula is C25H35N3O4. The third-order valence-electron chi connectivity index (χ3n) is 6.77. The largest absolute Gasteiger partial charge is 0.396 e. The van der Waals surface area contributed by atoms with E-state index >= 15 is 0 Å². The number of unbranched alkanes of at least 4 members (excludes halogenated alkanes) is 2. The van der Waals surface area contributed by atoms with Crippen molar-refractivity contribution in [3.8, 4) is 0 Å². The molecule has 0 bridgehead atoms. The van der Waals surface area contributed by atoms with Gasteiger partial charge in [0, 0.05) is 32.7 Å². The van der Waals surface area contributed by atoms with E-state index in [-0.39, 0.29) is 36.2 Å². The second kappa shape index (κ2) is 11.3. The van der Waals surface area contributed by atoms with Crippen molar-refractivity contribution in [3.63, 3.8) is 0 Å². The first-order valence-electron chi connectivity index (χ1n) is 11.7. The Balaban J connectivity index is 1.85. The van der Waals surface area contributed by atoms with Crippen molar-refractivity contribution >= 4 is 17.7 Å². The van der Waals surface area contributed by atoms with Gasteiger partial charge in [-0.3, -0.25) is 14.4 Å². The number of allylic oxidation sites excluding steroid dienone is 1. The van der Waals surface area contributed by atoms with Crippen LogP contribution >= 0.6 is 0 Å². The molecule has 1 heterocycles. The van der Waals surface area contributed by atoms with Gasteiger partial charge in [0.15, 0.2) is 0 Å². The van der Waals surface area contributed by atoms with Crippen molar-refractivity contribution in [3.05, 3.63) is 48.0 Å². The normalized spacial score (nSPS) is 26.7. The van der Waals surface area contributed by atoms with Crippen molar-refractivity contribution in [2.24, 2.45) is 23.7 Å². The quantitative estimate of drug-likeness (QED) is 0.381. The summed E-state index contributed by atoms with van der Waals surface area (Å²) in [7, 11) is 1.60. The fraction of sp³-hybridized carbons (Fsp3) is 0.560. The van der Waals surface area contributed by atoms with Gasteiger partial charge >= 0.3 is 0 Å². The van der Waals surface area contributed by atoms with Crippen LogP contribution in [0.5, 0.6) is 0 Å². The SMILES string of the molecule is CC[C@@H]1C=C[C@H]2[C@@H](C(=O)N(CCCCCO)[C@@H]2C(=O)NCc2ccccc2)[C@@H]1C(=O)NC.